The van der Waals surface area contributed by atoms with E-state index >= 15 is 0 Å². The zero-order valence-electron chi connectivity index (χ0n) is 35.5. The fourth-order valence-corrected chi connectivity index (χ4v) is 8.60. The zero-order valence-corrected chi connectivity index (χ0v) is 36.3. The summed E-state index contributed by atoms with van der Waals surface area (Å²) in [6.07, 6.45) is -0.443. The summed E-state index contributed by atoms with van der Waals surface area (Å²) >= 11 is 0. The van der Waals surface area contributed by atoms with E-state index in [-0.39, 0.29) is 19.4 Å². The van der Waals surface area contributed by atoms with Gasteiger partial charge in [-0.05, 0) is 50.8 Å². The van der Waals surface area contributed by atoms with Gasteiger partial charge in [0.05, 0.1) is 29.8 Å². The molecule has 0 bridgehead atoms. The number of sulfonamides is 1. The lowest BCUT2D eigenvalue weighted by molar-refractivity contribution is -0.387. The van der Waals surface area contributed by atoms with Gasteiger partial charge in [-0.1, -0.05) is 69.3 Å². The molecule has 328 valence electrons. The van der Waals surface area contributed by atoms with E-state index < -0.39 is 90.0 Å². The fraction of sp³-hybridized carbons (Fsp3) is 0.386. The van der Waals surface area contributed by atoms with Gasteiger partial charge in [-0.25, -0.2) is 22.9 Å². The van der Waals surface area contributed by atoms with Crippen molar-refractivity contribution in [2.24, 2.45) is 11.3 Å². The Labute approximate surface area is 359 Å². The predicted molar refractivity (Wildman–Crippen MR) is 228 cm³/mol. The van der Waals surface area contributed by atoms with E-state index in [1.165, 1.54) is 23.1 Å². The van der Waals surface area contributed by atoms with Crippen molar-refractivity contribution in [3.05, 3.63) is 102 Å². The van der Waals surface area contributed by atoms with Crippen LogP contribution in [0.1, 0.15) is 54.4 Å². The average molecular weight is 871 g/mol. The Morgan fingerprint density at radius 3 is 2.29 bits per heavy atom. The van der Waals surface area contributed by atoms with Crippen molar-refractivity contribution in [3.8, 4) is 22.8 Å². The molecule has 5 atom stereocenters. The second-order valence-corrected chi connectivity index (χ2v) is 19.0. The van der Waals surface area contributed by atoms with Crippen molar-refractivity contribution in [2.75, 3.05) is 13.7 Å². The quantitative estimate of drug-likeness (QED) is 0.0839. The molecule has 2 heterocycles. The zero-order chi connectivity index (χ0) is 45.4. The summed E-state index contributed by atoms with van der Waals surface area (Å²) in [4.78, 5) is 72.6. The number of aromatic nitrogens is 1. The maximum Gasteiger partial charge on any atom is 0.408 e. The Bertz CT molecular complexity index is 2540. The van der Waals surface area contributed by atoms with Gasteiger partial charge in [0.2, 0.25) is 11.8 Å². The molecular weight excluding hydrogens is 821 g/mol. The molecule has 4 amide bonds. The number of ether oxygens (including phenoxy) is 3. The van der Waals surface area contributed by atoms with Crippen LogP contribution in [-0.4, -0.2) is 90.0 Å². The van der Waals surface area contributed by atoms with Crippen molar-refractivity contribution in [1.82, 2.24) is 25.2 Å². The third-order valence-corrected chi connectivity index (χ3v) is 12.0. The number of nitrogens with one attached hydrogen (secondary N) is 3. The van der Waals surface area contributed by atoms with E-state index in [1.54, 1.807) is 72.9 Å². The monoisotopic (exact) mass is 870 g/mol. The molecule has 1 saturated heterocycles. The van der Waals surface area contributed by atoms with Gasteiger partial charge >= 0.3 is 6.09 Å². The molecule has 1 aliphatic carbocycles. The fourth-order valence-electron chi connectivity index (χ4n) is 7.39. The van der Waals surface area contributed by atoms with Crippen LogP contribution >= 0.6 is 0 Å². The minimum Gasteiger partial charge on any atom is -0.497 e. The van der Waals surface area contributed by atoms with Crippen LogP contribution in [0.5, 0.6) is 11.5 Å². The number of carbonyl (C=O) groups is 4. The van der Waals surface area contributed by atoms with Crippen LogP contribution in [0, 0.1) is 21.4 Å². The van der Waals surface area contributed by atoms with Crippen molar-refractivity contribution < 1.29 is 46.7 Å². The topological polar surface area (TPSA) is 225 Å². The predicted octanol–water partition coefficient (Wildman–Crippen LogP) is 5.67. The highest BCUT2D eigenvalue weighted by atomic mass is 32.2. The van der Waals surface area contributed by atoms with E-state index in [9.17, 15) is 37.7 Å². The first kappa shape index (κ1) is 45.0. The SMILES string of the molecule is C=C[C@@H]1C[C@]1(NC(=O)[C@@H]1C[C@@H](Oc2cc(-c3ccccc3)nc3cc(OC)ccc23)CN1C(=O)[C@@H](NC(=O)OC(C)(C)C)C(C)(C)C)C(=O)NS(=O)(=O)c1ccccc1[N+](=O)[O-]. The lowest BCUT2D eigenvalue weighted by atomic mass is 9.85. The van der Waals surface area contributed by atoms with Crippen molar-refractivity contribution >= 4 is 50.4 Å². The lowest BCUT2D eigenvalue weighted by Crippen LogP contribution is -2.60. The molecule has 2 aliphatic rings. The Kier molecular flexibility index (Phi) is 12.4. The van der Waals surface area contributed by atoms with E-state index in [2.05, 4.69) is 17.2 Å². The number of methoxy groups -OCH3 is 1. The molecule has 1 aromatic heterocycles. The van der Waals surface area contributed by atoms with Gasteiger partial charge in [-0.3, -0.25) is 24.5 Å². The van der Waals surface area contributed by atoms with Gasteiger partial charge < -0.3 is 29.7 Å². The molecule has 1 aliphatic heterocycles. The summed E-state index contributed by atoms with van der Waals surface area (Å²) in [6.45, 7) is 13.9. The van der Waals surface area contributed by atoms with Crippen LogP contribution < -0.4 is 24.8 Å². The number of hydrogen-bond acceptors (Lipinski definition) is 12. The van der Waals surface area contributed by atoms with Crippen molar-refractivity contribution in [2.45, 2.75) is 88.6 Å². The van der Waals surface area contributed by atoms with Crippen LogP contribution in [0.2, 0.25) is 0 Å². The molecule has 17 nitrogen and oxygen atoms in total. The largest absolute Gasteiger partial charge is 0.497 e. The molecule has 3 N–H and O–H groups in total. The number of nitro benzene ring substituents is 1. The Balaban J connectivity index is 1.36. The number of rotatable bonds is 13. The summed E-state index contributed by atoms with van der Waals surface area (Å²) in [6, 6.07) is 18.5. The molecule has 2 fully saturated rings. The number of pyridine rings is 1. The number of carbonyl (C=O) groups excluding carboxylic acids is 4. The summed E-state index contributed by atoms with van der Waals surface area (Å²) in [7, 11) is -3.27. The van der Waals surface area contributed by atoms with Gasteiger partial charge in [0.1, 0.15) is 40.8 Å². The molecule has 1 saturated carbocycles. The van der Waals surface area contributed by atoms with Gasteiger partial charge in [0.15, 0.2) is 4.90 Å². The number of benzene rings is 3. The standard InChI is InChI=1S/C44H50N6O11S/c1-9-27-24-44(27,40(53)48-62(57,58)36-18-14-13-17-33(36)50(55)56)47-38(51)34-22-29(25-49(34)39(52)37(42(2,3)4)46-41(54)61-43(5,6)7)60-35-23-31(26-15-11-10-12-16-26)45-32-21-28(59-8)19-20-30(32)35/h9-21,23,27,29,34,37H,1,22,24-25H2,2-8H3,(H,46,54)(H,47,51)(H,48,53)/t27-,29-,34+,37-,44-/m1/s1. The second-order valence-electron chi connectivity index (χ2n) is 17.3. The number of para-hydroxylation sites is 1. The number of nitro groups is 1. The molecular formula is C44H50N6O11S. The van der Waals surface area contributed by atoms with Crippen LogP contribution in [0.25, 0.3) is 22.2 Å². The third-order valence-electron chi connectivity index (χ3n) is 10.6. The molecule has 0 spiro atoms. The van der Waals surface area contributed by atoms with Gasteiger partial charge in [0.25, 0.3) is 21.6 Å². The second kappa shape index (κ2) is 17.1. The van der Waals surface area contributed by atoms with E-state index in [1.807, 2.05) is 35.1 Å². The van der Waals surface area contributed by atoms with Gasteiger partial charge in [-0.2, -0.15) is 0 Å². The number of amides is 4. The molecule has 3 aromatic carbocycles. The highest BCUT2D eigenvalue weighted by molar-refractivity contribution is 7.90. The normalized spacial score (nSPS) is 20.4. The maximum atomic E-state index is 14.8. The third kappa shape index (κ3) is 9.64. The number of nitrogens with zero attached hydrogens (tertiary/aromatic N) is 3. The summed E-state index contributed by atoms with van der Waals surface area (Å²) in [5.74, 6) is -2.38. The molecule has 18 heteroatoms. The first-order chi connectivity index (χ1) is 29.1. The van der Waals surface area contributed by atoms with Crippen LogP contribution in [-0.2, 0) is 29.1 Å². The number of fused-ring (bicyclic) bond motifs is 1. The van der Waals surface area contributed by atoms with Crippen LogP contribution in [0.4, 0.5) is 10.5 Å². The number of hydrogen-bond donors (Lipinski definition) is 3. The summed E-state index contributed by atoms with van der Waals surface area (Å²) < 4.78 is 46.4. The number of likely N-dealkylation sites (tertiary alicyclic amines) is 1. The first-order valence-electron chi connectivity index (χ1n) is 19.8. The highest BCUT2D eigenvalue weighted by Gasteiger charge is 2.62. The van der Waals surface area contributed by atoms with Crippen molar-refractivity contribution in [3.63, 3.8) is 0 Å². The molecule has 4 aromatic rings. The molecule has 6 rings (SSSR count). The maximum absolute atomic E-state index is 14.8. The minimum atomic E-state index is -4.81. The molecule has 62 heavy (non-hydrogen) atoms. The lowest BCUT2D eigenvalue weighted by Gasteiger charge is -2.36. The molecule has 0 radical (unpaired) electrons. The summed E-state index contributed by atoms with van der Waals surface area (Å²) in [5, 5.41) is 17.7. The Hall–Kier alpha value is -6.56. The van der Waals surface area contributed by atoms with Gasteiger partial charge in [0, 0.05) is 41.5 Å². The first-order valence-corrected chi connectivity index (χ1v) is 21.3. The van der Waals surface area contributed by atoms with Crippen molar-refractivity contribution in [1.29, 1.82) is 0 Å². The van der Waals surface area contributed by atoms with E-state index in [0.717, 1.165) is 17.7 Å². The van der Waals surface area contributed by atoms with Crippen LogP contribution in [0.15, 0.2) is 96.4 Å². The van der Waals surface area contributed by atoms with E-state index in [4.69, 9.17) is 19.2 Å². The van der Waals surface area contributed by atoms with E-state index in [0.29, 0.717) is 28.1 Å². The van der Waals surface area contributed by atoms with Crippen LogP contribution in [0.3, 0.4) is 0 Å². The number of alkyl carbamates (subject to hydrolysis) is 1. The molecule has 0 unspecified atom stereocenters. The highest BCUT2D eigenvalue weighted by Crippen LogP contribution is 2.45. The Morgan fingerprint density at radius 2 is 1.68 bits per heavy atom. The average Bonchev–Trinajstić information content (AvgIpc) is 3.77. The summed E-state index contributed by atoms with van der Waals surface area (Å²) in [5.41, 5.74) is -2.44. The van der Waals surface area contributed by atoms with Gasteiger partial charge in [-0.15, -0.1) is 6.58 Å². The Morgan fingerprint density at radius 1 is 1.00 bits per heavy atom. The minimum absolute atomic E-state index is 0.0549. The smallest absolute Gasteiger partial charge is 0.408 e.